The number of rotatable bonds is 7. The van der Waals surface area contributed by atoms with E-state index in [1.807, 2.05) is 48.5 Å². The lowest BCUT2D eigenvalue weighted by Crippen LogP contribution is -2.34. The minimum atomic E-state index is -0.635. The first-order valence-corrected chi connectivity index (χ1v) is 8.26. The molecule has 1 unspecified atom stereocenters. The first kappa shape index (κ1) is 17.5. The number of carbonyl (C=O) groups is 1. The third kappa shape index (κ3) is 5.69. The van der Waals surface area contributed by atoms with E-state index in [1.165, 1.54) is 0 Å². The van der Waals surface area contributed by atoms with Crippen LogP contribution in [0.5, 0.6) is 5.75 Å². The van der Waals surface area contributed by atoms with Gasteiger partial charge < -0.3 is 15.2 Å². The van der Waals surface area contributed by atoms with Gasteiger partial charge in [-0.2, -0.15) is 0 Å². The van der Waals surface area contributed by atoms with Gasteiger partial charge in [-0.15, -0.1) is 0 Å². The number of hydrogen-bond acceptors (Lipinski definition) is 4. The predicted molar refractivity (Wildman–Crippen MR) is 93.2 cm³/mol. The highest BCUT2D eigenvalue weighted by Gasteiger charge is 2.14. The van der Waals surface area contributed by atoms with Gasteiger partial charge in [0.15, 0.2) is 0 Å². The number of halogens is 1. The van der Waals surface area contributed by atoms with Crippen LogP contribution in [0, 0.1) is 0 Å². The summed E-state index contributed by atoms with van der Waals surface area (Å²) in [4.78, 5) is 11.5. The Morgan fingerprint density at radius 2 is 1.70 bits per heavy atom. The normalized spacial score (nSPS) is 11.8. The zero-order valence-electron chi connectivity index (χ0n) is 13.0. The number of esters is 1. The fourth-order valence-electron chi connectivity index (χ4n) is 2.06. The highest BCUT2D eigenvalue weighted by atomic mass is 79.9. The lowest BCUT2D eigenvalue weighted by atomic mass is 10.1. The Bertz CT molecular complexity index is 626. The summed E-state index contributed by atoms with van der Waals surface area (Å²) in [5.41, 5.74) is 7.88. The maximum atomic E-state index is 11.5. The Balaban J connectivity index is 1.86. The summed E-state index contributed by atoms with van der Waals surface area (Å²) < 4.78 is 11.7. The first-order chi connectivity index (χ1) is 11.1. The van der Waals surface area contributed by atoms with Gasteiger partial charge in [-0.25, -0.2) is 0 Å². The zero-order chi connectivity index (χ0) is 16.7. The second kappa shape index (κ2) is 8.70. The van der Waals surface area contributed by atoms with Crippen molar-refractivity contribution >= 4 is 21.9 Å². The molecule has 2 aromatic rings. The van der Waals surface area contributed by atoms with E-state index >= 15 is 0 Å². The fraction of sp³-hybridized carbons (Fsp3) is 0.278. The Kier molecular flexibility index (Phi) is 6.62. The predicted octanol–water partition coefficient (Wildman–Crippen LogP) is 3.46. The van der Waals surface area contributed by atoms with E-state index in [9.17, 15) is 4.79 Å². The van der Waals surface area contributed by atoms with Crippen LogP contribution in [0.15, 0.2) is 53.0 Å². The number of benzene rings is 2. The van der Waals surface area contributed by atoms with Crippen LogP contribution in [0.25, 0.3) is 0 Å². The molecule has 0 spiro atoms. The summed E-state index contributed by atoms with van der Waals surface area (Å²) in [6.45, 7) is 2.62. The topological polar surface area (TPSA) is 61.5 Å². The maximum Gasteiger partial charge on any atom is 0.323 e. The van der Waals surface area contributed by atoms with Gasteiger partial charge in [0, 0.05) is 4.47 Å². The molecule has 0 aliphatic rings. The molecule has 5 heteroatoms. The third-order valence-electron chi connectivity index (χ3n) is 3.29. The van der Waals surface area contributed by atoms with Crippen molar-refractivity contribution in [3.63, 3.8) is 0 Å². The van der Waals surface area contributed by atoms with Crippen molar-refractivity contribution in [3.8, 4) is 5.75 Å². The summed E-state index contributed by atoms with van der Waals surface area (Å²) in [6, 6.07) is 14.9. The Hall–Kier alpha value is -1.85. The number of nitrogens with two attached hydrogens (primary N) is 1. The zero-order valence-corrected chi connectivity index (χ0v) is 14.6. The lowest BCUT2D eigenvalue weighted by Gasteiger charge is -2.11. The standard InChI is InChI=1S/C18H20BrNO3/c1-2-22-18(21)17(20)11-13-5-9-16(10-6-13)23-12-14-3-7-15(19)8-4-14/h3-10,17H,2,11-12,20H2,1H3. The second-order valence-corrected chi connectivity index (χ2v) is 6.04. The molecule has 0 heterocycles. The van der Waals surface area contributed by atoms with Crippen LogP contribution in [-0.4, -0.2) is 18.6 Å². The molecule has 0 aliphatic heterocycles. The average molecular weight is 378 g/mol. The van der Waals surface area contributed by atoms with Gasteiger partial charge >= 0.3 is 5.97 Å². The van der Waals surface area contributed by atoms with Crippen LogP contribution in [-0.2, 0) is 22.6 Å². The van der Waals surface area contributed by atoms with Crippen LogP contribution in [0.2, 0.25) is 0 Å². The summed E-state index contributed by atoms with van der Waals surface area (Å²) in [6.07, 6.45) is 0.450. The molecule has 0 aliphatic carbocycles. The molecule has 2 rings (SSSR count). The SMILES string of the molecule is CCOC(=O)C(N)Cc1ccc(OCc2ccc(Br)cc2)cc1. The molecule has 122 valence electrons. The van der Waals surface area contributed by atoms with E-state index in [0.29, 0.717) is 19.6 Å². The molecule has 23 heavy (non-hydrogen) atoms. The van der Waals surface area contributed by atoms with Crippen LogP contribution in [0.4, 0.5) is 0 Å². The second-order valence-electron chi connectivity index (χ2n) is 5.12. The van der Waals surface area contributed by atoms with Gasteiger partial charge in [0.2, 0.25) is 0 Å². The van der Waals surface area contributed by atoms with Gasteiger partial charge in [0.25, 0.3) is 0 Å². The lowest BCUT2D eigenvalue weighted by molar-refractivity contribution is -0.144. The van der Waals surface area contributed by atoms with Crippen molar-refractivity contribution in [2.75, 3.05) is 6.61 Å². The van der Waals surface area contributed by atoms with Crippen molar-refractivity contribution in [3.05, 3.63) is 64.1 Å². The van der Waals surface area contributed by atoms with Gasteiger partial charge in [-0.1, -0.05) is 40.2 Å². The van der Waals surface area contributed by atoms with E-state index in [0.717, 1.165) is 21.3 Å². The third-order valence-corrected chi connectivity index (χ3v) is 3.82. The highest BCUT2D eigenvalue weighted by Crippen LogP contribution is 2.16. The molecule has 1 atom stereocenters. The maximum absolute atomic E-state index is 11.5. The van der Waals surface area contributed by atoms with Crippen molar-refractivity contribution in [2.45, 2.75) is 26.0 Å². The van der Waals surface area contributed by atoms with E-state index < -0.39 is 6.04 Å². The number of hydrogen-bond donors (Lipinski definition) is 1. The molecule has 0 aromatic heterocycles. The highest BCUT2D eigenvalue weighted by molar-refractivity contribution is 9.10. The van der Waals surface area contributed by atoms with E-state index in [4.69, 9.17) is 15.2 Å². The Morgan fingerprint density at radius 3 is 2.30 bits per heavy atom. The number of carbonyl (C=O) groups excluding carboxylic acids is 1. The summed E-state index contributed by atoms with van der Waals surface area (Å²) in [7, 11) is 0. The monoisotopic (exact) mass is 377 g/mol. The van der Waals surface area contributed by atoms with Crippen LogP contribution < -0.4 is 10.5 Å². The minimum Gasteiger partial charge on any atom is -0.489 e. The van der Waals surface area contributed by atoms with Crippen LogP contribution in [0.3, 0.4) is 0 Å². The molecule has 2 aromatic carbocycles. The molecule has 0 fully saturated rings. The molecular formula is C18H20BrNO3. The van der Waals surface area contributed by atoms with Crippen LogP contribution in [0.1, 0.15) is 18.1 Å². The molecule has 0 radical (unpaired) electrons. The fourth-order valence-corrected chi connectivity index (χ4v) is 2.32. The molecule has 2 N–H and O–H groups in total. The van der Waals surface area contributed by atoms with E-state index in [2.05, 4.69) is 15.9 Å². The minimum absolute atomic E-state index is 0.343. The summed E-state index contributed by atoms with van der Waals surface area (Å²) >= 11 is 3.40. The van der Waals surface area contributed by atoms with Gasteiger partial charge in [-0.3, -0.25) is 4.79 Å². The van der Waals surface area contributed by atoms with Gasteiger partial charge in [0.05, 0.1) is 6.61 Å². The van der Waals surface area contributed by atoms with E-state index in [-0.39, 0.29) is 5.97 Å². The van der Waals surface area contributed by atoms with E-state index in [1.54, 1.807) is 6.92 Å². The van der Waals surface area contributed by atoms with Crippen molar-refractivity contribution in [1.29, 1.82) is 0 Å². The summed E-state index contributed by atoms with van der Waals surface area (Å²) in [5, 5.41) is 0. The quantitative estimate of drug-likeness (QED) is 0.750. The molecule has 4 nitrogen and oxygen atoms in total. The molecule has 0 saturated heterocycles. The Labute approximate surface area is 144 Å². The molecule has 0 bridgehead atoms. The van der Waals surface area contributed by atoms with Crippen LogP contribution >= 0.6 is 15.9 Å². The Morgan fingerprint density at radius 1 is 1.09 bits per heavy atom. The number of ether oxygens (including phenoxy) is 2. The van der Waals surface area contributed by atoms with Crippen molar-refractivity contribution < 1.29 is 14.3 Å². The van der Waals surface area contributed by atoms with Crippen molar-refractivity contribution in [1.82, 2.24) is 0 Å². The smallest absolute Gasteiger partial charge is 0.323 e. The molecular weight excluding hydrogens is 358 g/mol. The first-order valence-electron chi connectivity index (χ1n) is 7.47. The molecule has 0 saturated carbocycles. The largest absolute Gasteiger partial charge is 0.489 e. The van der Waals surface area contributed by atoms with Gasteiger partial charge in [0.1, 0.15) is 18.4 Å². The van der Waals surface area contributed by atoms with Crippen molar-refractivity contribution in [2.24, 2.45) is 5.73 Å². The molecule has 0 amide bonds. The van der Waals surface area contributed by atoms with Gasteiger partial charge in [-0.05, 0) is 48.7 Å². The summed E-state index contributed by atoms with van der Waals surface area (Å²) in [5.74, 6) is 0.407. The average Bonchev–Trinajstić information content (AvgIpc) is 2.56.